The molecule has 3 heteroatoms. The highest BCUT2D eigenvalue weighted by molar-refractivity contribution is 5.79. The molecular formula is C8H13NO2. The van der Waals surface area contributed by atoms with Crippen LogP contribution in [0.25, 0.3) is 0 Å². The van der Waals surface area contributed by atoms with Gasteiger partial charge in [-0.25, -0.2) is 0 Å². The number of hydrogen-bond acceptors (Lipinski definition) is 2. The van der Waals surface area contributed by atoms with Crippen LogP contribution in [0.1, 0.15) is 19.3 Å². The molecule has 2 saturated carbocycles. The fraction of sp³-hybridized carbons (Fsp3) is 0.875. The van der Waals surface area contributed by atoms with Crippen LogP contribution in [-0.2, 0) is 4.79 Å². The second-order valence-electron chi connectivity index (χ2n) is 3.81. The van der Waals surface area contributed by atoms with Crippen LogP contribution < -0.4 is 5.73 Å². The molecule has 3 nitrogen and oxygen atoms in total. The SMILES string of the molecule is NC[C@]1(C(=O)O)C[C@H]1C1CC1. The molecule has 0 bridgehead atoms. The summed E-state index contributed by atoms with van der Waals surface area (Å²) in [6.07, 6.45) is 3.27. The number of hydrogen-bond donors (Lipinski definition) is 2. The zero-order valence-corrected chi connectivity index (χ0v) is 6.42. The second-order valence-corrected chi connectivity index (χ2v) is 3.81. The summed E-state index contributed by atoms with van der Waals surface area (Å²) in [6.45, 7) is 0.323. The van der Waals surface area contributed by atoms with Crippen LogP contribution in [0.4, 0.5) is 0 Å². The summed E-state index contributed by atoms with van der Waals surface area (Å²) >= 11 is 0. The summed E-state index contributed by atoms with van der Waals surface area (Å²) in [5, 5.41) is 8.87. The second kappa shape index (κ2) is 1.97. The number of nitrogens with two attached hydrogens (primary N) is 1. The quantitative estimate of drug-likeness (QED) is 0.621. The number of rotatable bonds is 3. The van der Waals surface area contributed by atoms with Crippen molar-refractivity contribution >= 4 is 5.97 Å². The molecule has 2 fully saturated rings. The molecule has 62 valence electrons. The Hall–Kier alpha value is -0.570. The van der Waals surface area contributed by atoms with E-state index in [1.54, 1.807) is 0 Å². The Kier molecular flexibility index (Phi) is 1.27. The fourth-order valence-electron chi connectivity index (χ4n) is 2.02. The predicted octanol–water partition coefficient (Wildman–Crippen LogP) is 0.446. The maximum atomic E-state index is 10.8. The third-order valence-electron chi connectivity index (χ3n) is 3.12. The van der Waals surface area contributed by atoms with Crippen molar-refractivity contribution in [1.29, 1.82) is 0 Å². The van der Waals surface area contributed by atoms with E-state index in [0.717, 1.165) is 6.42 Å². The third kappa shape index (κ3) is 0.872. The minimum Gasteiger partial charge on any atom is -0.481 e. The highest BCUT2D eigenvalue weighted by atomic mass is 16.4. The van der Waals surface area contributed by atoms with E-state index >= 15 is 0 Å². The Morgan fingerprint density at radius 1 is 1.64 bits per heavy atom. The number of carboxylic acid groups (broad SMARTS) is 1. The lowest BCUT2D eigenvalue weighted by Gasteiger charge is -2.07. The van der Waals surface area contributed by atoms with E-state index in [1.165, 1.54) is 12.8 Å². The van der Waals surface area contributed by atoms with Crippen molar-refractivity contribution in [3.8, 4) is 0 Å². The molecule has 0 unspecified atom stereocenters. The van der Waals surface area contributed by atoms with Crippen molar-refractivity contribution in [2.75, 3.05) is 6.54 Å². The molecular weight excluding hydrogens is 142 g/mol. The molecule has 0 heterocycles. The van der Waals surface area contributed by atoms with E-state index in [1.807, 2.05) is 0 Å². The summed E-state index contributed by atoms with van der Waals surface area (Å²) in [4.78, 5) is 10.8. The minimum atomic E-state index is -0.683. The molecule has 0 aromatic rings. The van der Waals surface area contributed by atoms with Crippen LogP contribution >= 0.6 is 0 Å². The molecule has 2 aliphatic carbocycles. The maximum Gasteiger partial charge on any atom is 0.311 e. The van der Waals surface area contributed by atoms with Gasteiger partial charge in [0.2, 0.25) is 0 Å². The van der Waals surface area contributed by atoms with Gasteiger partial charge >= 0.3 is 5.97 Å². The molecule has 0 amide bonds. The Morgan fingerprint density at radius 3 is 2.55 bits per heavy atom. The molecule has 11 heavy (non-hydrogen) atoms. The van der Waals surface area contributed by atoms with E-state index in [9.17, 15) is 4.79 Å². The third-order valence-corrected chi connectivity index (χ3v) is 3.12. The standard InChI is InChI=1S/C8H13NO2/c9-4-8(7(10)11)3-6(8)5-1-2-5/h5-6H,1-4,9H2,(H,10,11)/t6-,8+/m0/s1. The van der Waals surface area contributed by atoms with E-state index < -0.39 is 11.4 Å². The Morgan fingerprint density at radius 2 is 2.27 bits per heavy atom. The van der Waals surface area contributed by atoms with Gasteiger partial charge < -0.3 is 10.8 Å². The van der Waals surface area contributed by atoms with E-state index in [2.05, 4.69) is 0 Å². The molecule has 2 aliphatic rings. The van der Waals surface area contributed by atoms with Crippen LogP contribution in [0.5, 0.6) is 0 Å². The van der Waals surface area contributed by atoms with Crippen molar-refractivity contribution < 1.29 is 9.90 Å². The van der Waals surface area contributed by atoms with Crippen LogP contribution in [-0.4, -0.2) is 17.6 Å². The first-order valence-electron chi connectivity index (χ1n) is 4.14. The summed E-state index contributed by atoms with van der Waals surface area (Å²) < 4.78 is 0. The summed E-state index contributed by atoms with van der Waals surface area (Å²) in [7, 11) is 0. The van der Waals surface area contributed by atoms with Crippen molar-refractivity contribution in [2.45, 2.75) is 19.3 Å². The van der Waals surface area contributed by atoms with E-state index in [-0.39, 0.29) is 0 Å². The largest absolute Gasteiger partial charge is 0.481 e. The average Bonchev–Trinajstić information content (AvgIpc) is 2.83. The Bertz CT molecular complexity index is 200. The average molecular weight is 155 g/mol. The number of carboxylic acids is 1. The van der Waals surface area contributed by atoms with Crippen LogP contribution in [0.3, 0.4) is 0 Å². The van der Waals surface area contributed by atoms with Gasteiger partial charge in [0.25, 0.3) is 0 Å². The van der Waals surface area contributed by atoms with Crippen LogP contribution in [0, 0.1) is 17.3 Å². The highest BCUT2D eigenvalue weighted by Gasteiger charge is 2.63. The number of aliphatic carboxylic acids is 1. The van der Waals surface area contributed by atoms with Gasteiger partial charge in [-0.2, -0.15) is 0 Å². The minimum absolute atomic E-state index is 0.323. The topological polar surface area (TPSA) is 63.3 Å². The lowest BCUT2D eigenvalue weighted by molar-refractivity contribution is -0.143. The van der Waals surface area contributed by atoms with Crippen LogP contribution in [0.15, 0.2) is 0 Å². The first-order valence-corrected chi connectivity index (χ1v) is 4.14. The predicted molar refractivity (Wildman–Crippen MR) is 40.0 cm³/mol. The first-order chi connectivity index (χ1) is 5.20. The van der Waals surface area contributed by atoms with Crippen molar-refractivity contribution in [3.05, 3.63) is 0 Å². The molecule has 0 spiro atoms. The molecule has 2 atom stereocenters. The lowest BCUT2D eigenvalue weighted by atomic mass is 10.0. The zero-order valence-electron chi connectivity index (χ0n) is 6.42. The van der Waals surface area contributed by atoms with Gasteiger partial charge in [-0.15, -0.1) is 0 Å². The van der Waals surface area contributed by atoms with Gasteiger partial charge in [-0.3, -0.25) is 4.79 Å². The Balaban J connectivity index is 2.05. The zero-order chi connectivity index (χ0) is 8.06. The molecule has 3 N–H and O–H groups in total. The van der Waals surface area contributed by atoms with Crippen LogP contribution in [0.2, 0.25) is 0 Å². The fourth-order valence-corrected chi connectivity index (χ4v) is 2.02. The Labute approximate surface area is 65.6 Å². The van der Waals surface area contributed by atoms with Gasteiger partial charge in [0.05, 0.1) is 5.41 Å². The lowest BCUT2D eigenvalue weighted by Crippen LogP contribution is -2.27. The molecule has 0 aromatic carbocycles. The molecule has 0 aromatic heterocycles. The highest BCUT2D eigenvalue weighted by Crippen LogP contribution is 2.62. The maximum absolute atomic E-state index is 10.8. The summed E-state index contributed by atoms with van der Waals surface area (Å²) in [6, 6.07) is 0. The van der Waals surface area contributed by atoms with E-state index in [4.69, 9.17) is 10.8 Å². The van der Waals surface area contributed by atoms with E-state index in [0.29, 0.717) is 18.4 Å². The van der Waals surface area contributed by atoms with Crippen molar-refractivity contribution in [1.82, 2.24) is 0 Å². The normalized spacial score (nSPS) is 42.1. The van der Waals surface area contributed by atoms with Crippen molar-refractivity contribution in [2.24, 2.45) is 23.0 Å². The molecule has 0 aliphatic heterocycles. The van der Waals surface area contributed by atoms with Gasteiger partial charge in [0.1, 0.15) is 0 Å². The smallest absolute Gasteiger partial charge is 0.311 e. The monoisotopic (exact) mass is 155 g/mol. The van der Waals surface area contributed by atoms with Gasteiger partial charge in [-0.1, -0.05) is 0 Å². The summed E-state index contributed by atoms with van der Waals surface area (Å²) in [5.74, 6) is 0.413. The number of carbonyl (C=O) groups is 1. The van der Waals surface area contributed by atoms with Gasteiger partial charge in [0, 0.05) is 6.54 Å². The first kappa shape index (κ1) is 7.10. The summed E-state index contributed by atoms with van der Waals surface area (Å²) in [5.41, 5.74) is 4.93. The van der Waals surface area contributed by atoms with Gasteiger partial charge in [0.15, 0.2) is 0 Å². The van der Waals surface area contributed by atoms with Gasteiger partial charge in [-0.05, 0) is 31.1 Å². The molecule has 2 rings (SSSR count). The molecule has 0 radical (unpaired) electrons. The van der Waals surface area contributed by atoms with Crippen molar-refractivity contribution in [3.63, 3.8) is 0 Å². The molecule has 0 saturated heterocycles.